The molecule has 1 aromatic carbocycles. The molecule has 0 aromatic heterocycles. The topological polar surface area (TPSA) is 63.6 Å². The average molecular weight is 214 g/mol. The predicted molar refractivity (Wildman–Crippen MR) is 54.6 cm³/mol. The van der Waals surface area contributed by atoms with Crippen molar-refractivity contribution in [1.29, 1.82) is 0 Å². The molecule has 1 rings (SSSR count). The second kappa shape index (κ2) is 4.59. The molecule has 0 heterocycles. The molecule has 0 radical (unpaired) electrons. The van der Waals surface area contributed by atoms with Gasteiger partial charge < -0.3 is 5.02 Å². The Morgan fingerprint density at radius 1 is 1.36 bits per heavy atom. The van der Waals surface area contributed by atoms with E-state index >= 15 is 0 Å². The Balaban J connectivity index is 2.74. The fraction of sp³-hybridized carbons (Fsp3) is 0.250. The second-order valence-electron chi connectivity index (χ2n) is 2.71. The molecule has 0 amide bonds. The predicted octanol–water partition coefficient (Wildman–Crippen LogP) is -0.260. The smallest absolute Gasteiger partial charge is 0.422 e. The lowest BCUT2D eigenvalue weighted by Crippen LogP contribution is -2.36. The molecule has 4 nitrogen and oxygen atoms in total. The molecule has 0 spiro atoms. The summed E-state index contributed by atoms with van der Waals surface area (Å²) in [4.78, 5) is 0. The number of benzene rings is 1. The van der Waals surface area contributed by atoms with Gasteiger partial charge in [0.15, 0.2) is 0 Å². The molecule has 1 aromatic rings. The molecule has 76 valence electrons. The van der Waals surface area contributed by atoms with E-state index in [1.165, 1.54) is 6.92 Å². The van der Waals surface area contributed by atoms with E-state index in [1.54, 1.807) is 30.3 Å². The fourth-order valence-corrected chi connectivity index (χ4v) is 1.41. The molecule has 1 N–H and O–H groups in total. The molecular formula is C8H11BO4S. The molecule has 0 bridgehead atoms. The summed E-state index contributed by atoms with van der Waals surface area (Å²) in [7, 11) is -5.03. The second-order valence-corrected chi connectivity index (χ2v) is 4.59. The van der Waals surface area contributed by atoms with Crippen molar-refractivity contribution in [3.63, 3.8) is 0 Å². The van der Waals surface area contributed by atoms with E-state index in [4.69, 9.17) is 0 Å². The summed E-state index contributed by atoms with van der Waals surface area (Å²) < 4.78 is 26.5. The van der Waals surface area contributed by atoms with Crippen LogP contribution in [0.3, 0.4) is 0 Å². The summed E-state index contributed by atoms with van der Waals surface area (Å²) in [5.74, 6) is -0.156. The van der Waals surface area contributed by atoms with Crippen LogP contribution in [0.5, 0.6) is 0 Å². The van der Waals surface area contributed by atoms with Crippen LogP contribution in [0.2, 0.25) is 0 Å². The molecule has 0 fully saturated rings. The van der Waals surface area contributed by atoms with Gasteiger partial charge in [0.2, 0.25) is 0 Å². The van der Waals surface area contributed by atoms with E-state index in [0.717, 1.165) is 0 Å². The van der Waals surface area contributed by atoms with Crippen LogP contribution in [0.1, 0.15) is 6.92 Å². The molecule has 0 aliphatic heterocycles. The van der Waals surface area contributed by atoms with E-state index in [2.05, 4.69) is 4.10 Å². The van der Waals surface area contributed by atoms with Gasteiger partial charge in [-0.15, -0.1) is 0 Å². The van der Waals surface area contributed by atoms with Crippen molar-refractivity contribution in [2.75, 3.05) is 5.75 Å². The lowest BCUT2D eigenvalue weighted by molar-refractivity contribution is 0.420. The van der Waals surface area contributed by atoms with Gasteiger partial charge in [-0.25, -0.2) is 8.42 Å². The van der Waals surface area contributed by atoms with Crippen molar-refractivity contribution in [1.82, 2.24) is 0 Å². The minimum atomic E-state index is -3.62. The van der Waals surface area contributed by atoms with E-state index in [9.17, 15) is 13.4 Å². The van der Waals surface area contributed by atoms with Gasteiger partial charge in [0.1, 0.15) is 0 Å². The molecule has 0 aliphatic carbocycles. The fourth-order valence-electron chi connectivity index (χ4n) is 0.880. The van der Waals surface area contributed by atoms with Gasteiger partial charge in [0, 0.05) is 0 Å². The highest BCUT2D eigenvalue weighted by Gasteiger charge is 2.22. The van der Waals surface area contributed by atoms with Crippen LogP contribution in [-0.4, -0.2) is 26.3 Å². The molecule has 0 aliphatic rings. The number of hydrogen-bond acceptors (Lipinski definition) is 4. The van der Waals surface area contributed by atoms with Gasteiger partial charge >= 0.3 is 7.12 Å². The minimum Gasteiger partial charge on any atom is -0.422 e. The SMILES string of the molecule is CCS(=O)(=O)OB(O)c1ccccc1. The van der Waals surface area contributed by atoms with Crippen LogP contribution < -0.4 is 5.46 Å². The third-order valence-corrected chi connectivity index (χ3v) is 2.86. The van der Waals surface area contributed by atoms with Gasteiger partial charge in [-0.05, 0) is 12.4 Å². The van der Waals surface area contributed by atoms with E-state index in [0.29, 0.717) is 5.46 Å². The number of hydrogen-bond donors (Lipinski definition) is 1. The highest BCUT2D eigenvalue weighted by Crippen LogP contribution is 1.96. The lowest BCUT2D eigenvalue weighted by atomic mass is 9.80. The van der Waals surface area contributed by atoms with Gasteiger partial charge in [-0.2, -0.15) is 0 Å². The zero-order valence-corrected chi connectivity index (χ0v) is 8.57. The van der Waals surface area contributed by atoms with Crippen molar-refractivity contribution in [2.45, 2.75) is 6.92 Å². The van der Waals surface area contributed by atoms with E-state index < -0.39 is 17.2 Å². The van der Waals surface area contributed by atoms with Gasteiger partial charge in [0.25, 0.3) is 10.1 Å². The quantitative estimate of drug-likeness (QED) is 0.701. The van der Waals surface area contributed by atoms with Crippen molar-refractivity contribution in [3.05, 3.63) is 30.3 Å². The van der Waals surface area contributed by atoms with Crippen LogP contribution in [0, 0.1) is 0 Å². The highest BCUT2D eigenvalue weighted by molar-refractivity contribution is 7.87. The molecule has 0 saturated carbocycles. The maximum atomic E-state index is 11.0. The Morgan fingerprint density at radius 2 is 1.93 bits per heavy atom. The van der Waals surface area contributed by atoms with Crippen LogP contribution >= 0.6 is 0 Å². The van der Waals surface area contributed by atoms with Crippen molar-refractivity contribution < 1.29 is 17.5 Å². The number of rotatable bonds is 4. The van der Waals surface area contributed by atoms with Crippen LogP contribution in [-0.2, 0) is 14.2 Å². The first kappa shape index (κ1) is 11.2. The largest absolute Gasteiger partial charge is 0.506 e. The van der Waals surface area contributed by atoms with Gasteiger partial charge in [0.05, 0.1) is 5.75 Å². The van der Waals surface area contributed by atoms with Crippen LogP contribution in [0.25, 0.3) is 0 Å². The first-order chi connectivity index (χ1) is 6.55. The Hall–Kier alpha value is -0.845. The Labute approximate surface area is 83.8 Å². The zero-order valence-electron chi connectivity index (χ0n) is 7.75. The Bertz CT molecular complexity index is 376. The molecular weight excluding hydrogens is 203 g/mol. The molecule has 6 heteroatoms. The third kappa shape index (κ3) is 3.14. The first-order valence-corrected chi connectivity index (χ1v) is 5.77. The van der Waals surface area contributed by atoms with Crippen molar-refractivity contribution >= 4 is 22.7 Å². The monoisotopic (exact) mass is 214 g/mol. The molecule has 0 unspecified atom stereocenters. The average Bonchev–Trinajstić information content (AvgIpc) is 2.19. The Kier molecular flexibility index (Phi) is 3.68. The zero-order chi connectivity index (χ0) is 10.6. The third-order valence-electron chi connectivity index (χ3n) is 1.68. The van der Waals surface area contributed by atoms with Gasteiger partial charge in [-0.1, -0.05) is 30.3 Å². The van der Waals surface area contributed by atoms with Crippen LogP contribution in [0.15, 0.2) is 30.3 Å². The van der Waals surface area contributed by atoms with Crippen molar-refractivity contribution in [3.8, 4) is 0 Å². The van der Waals surface area contributed by atoms with Crippen molar-refractivity contribution in [2.24, 2.45) is 0 Å². The van der Waals surface area contributed by atoms with Crippen LogP contribution in [0.4, 0.5) is 0 Å². The normalized spacial score (nSPS) is 11.3. The maximum Gasteiger partial charge on any atom is 0.506 e. The van der Waals surface area contributed by atoms with E-state index in [1.807, 2.05) is 0 Å². The summed E-state index contributed by atoms with van der Waals surface area (Å²) in [6, 6.07) is 8.34. The van der Waals surface area contributed by atoms with E-state index in [-0.39, 0.29) is 5.75 Å². The summed E-state index contributed by atoms with van der Waals surface area (Å²) >= 11 is 0. The molecule has 0 atom stereocenters. The summed E-state index contributed by atoms with van der Waals surface area (Å²) in [6.07, 6.45) is 0. The van der Waals surface area contributed by atoms with Gasteiger partial charge in [-0.3, -0.25) is 4.10 Å². The molecule has 14 heavy (non-hydrogen) atoms. The lowest BCUT2D eigenvalue weighted by Gasteiger charge is -2.06. The minimum absolute atomic E-state index is 0.156. The molecule has 0 saturated heterocycles. The summed E-state index contributed by atoms with van der Waals surface area (Å²) in [5.41, 5.74) is 0.421. The Morgan fingerprint density at radius 3 is 2.43 bits per heavy atom. The standard InChI is InChI=1S/C8H11BO4S/c1-2-14(11,12)13-9(10)8-6-4-3-5-7-8/h3-7,10H,2H2,1H3. The summed E-state index contributed by atoms with van der Waals surface area (Å²) in [6.45, 7) is 1.45. The summed E-state index contributed by atoms with van der Waals surface area (Å²) in [5, 5.41) is 9.39. The first-order valence-electron chi connectivity index (χ1n) is 4.19. The highest BCUT2D eigenvalue weighted by atomic mass is 32.2. The maximum absolute atomic E-state index is 11.0.